The fraction of sp³-hybridized carbons (Fsp3) is 0.455. The molecule has 0 spiro atoms. The monoisotopic (exact) mass is 235 g/mol. The van der Waals surface area contributed by atoms with Crippen LogP contribution in [0.2, 0.25) is 0 Å². The summed E-state index contributed by atoms with van der Waals surface area (Å²) in [6.07, 6.45) is 3.10. The molecule has 17 heavy (non-hydrogen) atoms. The van der Waals surface area contributed by atoms with Gasteiger partial charge in [0.25, 0.3) is 0 Å². The van der Waals surface area contributed by atoms with Crippen LogP contribution in [0.25, 0.3) is 0 Å². The first kappa shape index (κ1) is 11.5. The number of fused-ring (bicyclic) bond motifs is 1. The van der Waals surface area contributed by atoms with E-state index in [0.717, 1.165) is 6.29 Å². The number of aromatic nitrogens is 2. The third kappa shape index (κ3) is 2.25. The molecule has 1 aliphatic heterocycles. The summed E-state index contributed by atoms with van der Waals surface area (Å²) < 4.78 is 4.99. The van der Waals surface area contributed by atoms with Gasteiger partial charge in [0.2, 0.25) is 5.88 Å². The minimum atomic E-state index is -0.0162. The highest BCUT2D eigenvalue weighted by molar-refractivity contribution is 6.00. The first-order valence-electron chi connectivity index (χ1n) is 5.39. The molecule has 2 rings (SSSR count). The lowest BCUT2D eigenvalue weighted by Gasteiger charge is -2.27. The maximum atomic E-state index is 11.7. The number of hydrogen-bond donors (Lipinski definition) is 0. The van der Waals surface area contributed by atoms with E-state index in [0.29, 0.717) is 43.3 Å². The Morgan fingerprint density at radius 2 is 2.41 bits per heavy atom. The molecule has 2 heterocycles. The smallest absolute Gasteiger partial charge is 0.234 e. The lowest BCUT2D eigenvalue weighted by Crippen LogP contribution is -2.34. The summed E-state index contributed by atoms with van der Waals surface area (Å²) in [4.78, 5) is 32.2. The van der Waals surface area contributed by atoms with Crippen LogP contribution in [-0.2, 0) is 4.79 Å². The van der Waals surface area contributed by atoms with Crippen LogP contribution < -0.4 is 9.64 Å². The molecule has 6 heteroatoms. The Morgan fingerprint density at radius 3 is 3.12 bits per heavy atom. The third-order valence-electron chi connectivity index (χ3n) is 2.63. The zero-order chi connectivity index (χ0) is 12.3. The van der Waals surface area contributed by atoms with Gasteiger partial charge in [-0.25, -0.2) is 4.98 Å². The van der Waals surface area contributed by atoms with Gasteiger partial charge in [-0.15, -0.1) is 0 Å². The molecule has 0 bridgehead atoms. The van der Waals surface area contributed by atoms with E-state index in [1.807, 2.05) is 4.90 Å². The minimum absolute atomic E-state index is 0.0162. The summed E-state index contributed by atoms with van der Waals surface area (Å²) in [5, 5.41) is 0. The van der Waals surface area contributed by atoms with Crippen molar-refractivity contribution in [3.8, 4) is 5.88 Å². The Balaban J connectivity index is 2.34. The number of Topliss-reactive ketones (excluding diaryl/α,β-unsaturated/α-hetero) is 1. The van der Waals surface area contributed by atoms with Crippen LogP contribution >= 0.6 is 0 Å². The lowest BCUT2D eigenvalue weighted by molar-refractivity contribution is -0.107. The highest BCUT2D eigenvalue weighted by Gasteiger charge is 2.26. The van der Waals surface area contributed by atoms with Crippen molar-refractivity contribution < 1.29 is 14.3 Å². The summed E-state index contributed by atoms with van der Waals surface area (Å²) in [5.74, 6) is 0.870. The van der Waals surface area contributed by atoms with E-state index >= 15 is 0 Å². The summed E-state index contributed by atoms with van der Waals surface area (Å²) >= 11 is 0. The zero-order valence-electron chi connectivity index (χ0n) is 9.55. The normalized spacial score (nSPS) is 14.4. The van der Waals surface area contributed by atoms with E-state index in [2.05, 4.69) is 9.97 Å². The van der Waals surface area contributed by atoms with Gasteiger partial charge in [-0.2, -0.15) is 4.98 Å². The molecule has 1 aromatic rings. The summed E-state index contributed by atoms with van der Waals surface area (Å²) in [6.45, 7) is 1.12. The second kappa shape index (κ2) is 4.90. The van der Waals surface area contributed by atoms with E-state index in [4.69, 9.17) is 4.74 Å². The van der Waals surface area contributed by atoms with Gasteiger partial charge >= 0.3 is 0 Å². The van der Waals surface area contributed by atoms with Crippen LogP contribution in [0, 0.1) is 0 Å². The number of methoxy groups -OCH3 is 1. The van der Waals surface area contributed by atoms with Gasteiger partial charge in [-0.3, -0.25) is 4.79 Å². The van der Waals surface area contributed by atoms with Gasteiger partial charge in [0, 0.05) is 25.9 Å². The van der Waals surface area contributed by atoms with Crippen molar-refractivity contribution >= 4 is 17.9 Å². The summed E-state index contributed by atoms with van der Waals surface area (Å²) in [5.41, 5.74) is 0.364. The molecule has 6 nitrogen and oxygen atoms in total. The molecule has 0 saturated carbocycles. The first-order chi connectivity index (χ1) is 8.26. The average molecular weight is 235 g/mol. The predicted octanol–water partition coefficient (Wildman–Crippen LogP) is 0.467. The number of carbonyl (C=O) groups is 2. The molecule has 0 amide bonds. The fourth-order valence-electron chi connectivity index (χ4n) is 1.77. The van der Waals surface area contributed by atoms with Crippen molar-refractivity contribution in [1.29, 1.82) is 0 Å². The van der Waals surface area contributed by atoms with Crippen LogP contribution in [0.15, 0.2) is 6.20 Å². The van der Waals surface area contributed by atoms with Crippen molar-refractivity contribution in [3.63, 3.8) is 0 Å². The van der Waals surface area contributed by atoms with Crippen LogP contribution in [0.5, 0.6) is 5.88 Å². The summed E-state index contributed by atoms with van der Waals surface area (Å²) in [7, 11) is 1.50. The Morgan fingerprint density at radius 1 is 1.59 bits per heavy atom. The third-order valence-corrected chi connectivity index (χ3v) is 2.63. The van der Waals surface area contributed by atoms with E-state index in [-0.39, 0.29) is 5.78 Å². The lowest BCUT2D eigenvalue weighted by atomic mass is 10.1. The van der Waals surface area contributed by atoms with Crippen LogP contribution in [0.4, 0.5) is 5.82 Å². The molecule has 0 radical (unpaired) electrons. The standard InChI is InChI=1S/C11H13N3O3/c1-17-9-7-12-10-8(16)3-5-14(4-2-6-15)11(10)13-9/h6-7H,2-5H2,1H3. The van der Waals surface area contributed by atoms with Gasteiger partial charge in [0.05, 0.1) is 13.3 Å². The van der Waals surface area contributed by atoms with Crippen molar-refractivity contribution in [2.45, 2.75) is 12.8 Å². The average Bonchev–Trinajstić information content (AvgIpc) is 2.37. The Kier molecular flexibility index (Phi) is 3.32. The fourth-order valence-corrected chi connectivity index (χ4v) is 1.77. The molecule has 1 aliphatic rings. The van der Waals surface area contributed by atoms with E-state index in [1.54, 1.807) is 0 Å². The van der Waals surface area contributed by atoms with E-state index in [1.165, 1.54) is 13.3 Å². The Hall–Kier alpha value is -1.98. The molecule has 0 aromatic carbocycles. The first-order valence-corrected chi connectivity index (χ1v) is 5.39. The molecule has 0 unspecified atom stereocenters. The van der Waals surface area contributed by atoms with Gasteiger partial charge in [-0.1, -0.05) is 0 Å². The van der Waals surface area contributed by atoms with Gasteiger partial charge in [0.15, 0.2) is 11.6 Å². The van der Waals surface area contributed by atoms with Crippen molar-refractivity contribution in [1.82, 2.24) is 9.97 Å². The number of carbonyl (C=O) groups excluding carboxylic acids is 2. The minimum Gasteiger partial charge on any atom is -0.480 e. The topological polar surface area (TPSA) is 72.4 Å². The molecule has 0 atom stereocenters. The molecule has 0 fully saturated rings. The van der Waals surface area contributed by atoms with Crippen LogP contribution in [0.3, 0.4) is 0 Å². The molecule has 0 saturated heterocycles. The number of ether oxygens (including phenoxy) is 1. The molecule has 0 N–H and O–H groups in total. The highest BCUT2D eigenvalue weighted by Crippen LogP contribution is 2.25. The second-order valence-electron chi connectivity index (χ2n) is 3.70. The van der Waals surface area contributed by atoms with Crippen molar-refractivity contribution in [2.75, 3.05) is 25.1 Å². The van der Waals surface area contributed by atoms with Gasteiger partial charge in [-0.05, 0) is 0 Å². The second-order valence-corrected chi connectivity index (χ2v) is 3.70. The Bertz CT molecular complexity index is 448. The molecule has 1 aromatic heterocycles. The number of ketones is 1. The van der Waals surface area contributed by atoms with E-state index in [9.17, 15) is 9.59 Å². The zero-order valence-corrected chi connectivity index (χ0v) is 9.55. The van der Waals surface area contributed by atoms with E-state index < -0.39 is 0 Å². The SMILES string of the molecule is COc1cnc2c(n1)N(CCC=O)CCC2=O. The quantitative estimate of drug-likeness (QED) is 0.706. The molecule has 90 valence electrons. The summed E-state index contributed by atoms with van der Waals surface area (Å²) in [6, 6.07) is 0. The number of hydrogen-bond acceptors (Lipinski definition) is 6. The molecular formula is C11H13N3O3. The number of rotatable bonds is 4. The maximum Gasteiger partial charge on any atom is 0.234 e. The number of aldehydes is 1. The largest absolute Gasteiger partial charge is 0.480 e. The van der Waals surface area contributed by atoms with Crippen molar-refractivity contribution in [3.05, 3.63) is 11.9 Å². The van der Waals surface area contributed by atoms with Crippen LogP contribution in [-0.4, -0.2) is 42.2 Å². The highest BCUT2D eigenvalue weighted by atomic mass is 16.5. The van der Waals surface area contributed by atoms with Gasteiger partial charge < -0.3 is 14.4 Å². The number of nitrogens with zero attached hydrogens (tertiary/aromatic N) is 3. The predicted molar refractivity (Wildman–Crippen MR) is 60.4 cm³/mol. The van der Waals surface area contributed by atoms with Crippen molar-refractivity contribution in [2.24, 2.45) is 0 Å². The van der Waals surface area contributed by atoms with Crippen LogP contribution in [0.1, 0.15) is 23.3 Å². The molecular weight excluding hydrogens is 222 g/mol. The number of anilines is 1. The maximum absolute atomic E-state index is 11.7. The van der Waals surface area contributed by atoms with Gasteiger partial charge in [0.1, 0.15) is 12.0 Å². The molecule has 0 aliphatic carbocycles. The Labute approximate surface area is 98.6 Å².